The van der Waals surface area contributed by atoms with Crippen LogP contribution in [0.4, 0.5) is 15.8 Å². The quantitative estimate of drug-likeness (QED) is 0.222. The van der Waals surface area contributed by atoms with Gasteiger partial charge in [-0.1, -0.05) is 84.9 Å². The van der Waals surface area contributed by atoms with Crippen LogP contribution in [0.25, 0.3) is 22.3 Å². The van der Waals surface area contributed by atoms with Crippen LogP contribution < -0.4 is 10.6 Å². The summed E-state index contributed by atoms with van der Waals surface area (Å²) in [7, 11) is 0. The molecule has 0 aromatic heterocycles. The summed E-state index contributed by atoms with van der Waals surface area (Å²) in [5.74, 6) is -0.153. The summed E-state index contributed by atoms with van der Waals surface area (Å²) in [6.45, 7) is 7.52. The van der Waals surface area contributed by atoms with Crippen LogP contribution in [0.3, 0.4) is 0 Å². The molecule has 0 aliphatic carbocycles. The first kappa shape index (κ1) is 25.3. The Morgan fingerprint density at radius 2 is 0.868 bits per heavy atom. The van der Waals surface area contributed by atoms with E-state index in [9.17, 15) is 0 Å². The highest BCUT2D eigenvalue weighted by Gasteiger charge is 2.19. The van der Waals surface area contributed by atoms with Gasteiger partial charge in [-0.15, -0.1) is 0 Å². The molecule has 0 unspecified atom stereocenters. The van der Waals surface area contributed by atoms with E-state index >= 15 is 4.39 Å². The van der Waals surface area contributed by atoms with Gasteiger partial charge in [0.05, 0.1) is 0 Å². The third-order valence-electron chi connectivity index (χ3n) is 7.26. The molecule has 0 saturated carbocycles. The first-order chi connectivity index (χ1) is 18.5. The topological polar surface area (TPSA) is 24.1 Å². The third-order valence-corrected chi connectivity index (χ3v) is 7.26. The van der Waals surface area contributed by atoms with E-state index < -0.39 is 0 Å². The molecule has 0 aliphatic rings. The average Bonchev–Trinajstić information content (AvgIpc) is 2.96. The molecule has 0 fully saturated rings. The van der Waals surface area contributed by atoms with E-state index in [1.54, 1.807) is 0 Å². The Bertz CT molecular complexity index is 1360. The highest BCUT2D eigenvalue weighted by atomic mass is 19.1. The summed E-state index contributed by atoms with van der Waals surface area (Å²) in [4.78, 5) is 0. The fraction of sp³-hybridized carbons (Fsp3) is 0.143. The summed E-state index contributed by atoms with van der Waals surface area (Å²) in [6, 6.07) is 37.0. The van der Waals surface area contributed by atoms with Gasteiger partial charge in [0, 0.05) is 30.0 Å². The van der Waals surface area contributed by atoms with Crippen LogP contribution >= 0.6 is 0 Å². The average molecular weight is 501 g/mol. The minimum absolute atomic E-state index is 0.153. The second-order valence-electron chi connectivity index (χ2n) is 9.77. The van der Waals surface area contributed by atoms with Crippen molar-refractivity contribution in [1.82, 2.24) is 0 Å². The van der Waals surface area contributed by atoms with Gasteiger partial charge in [0.25, 0.3) is 0 Å². The summed E-state index contributed by atoms with van der Waals surface area (Å²) in [5, 5.41) is 6.91. The van der Waals surface area contributed by atoms with E-state index in [1.165, 1.54) is 11.1 Å². The lowest BCUT2D eigenvalue weighted by molar-refractivity contribution is 0.621. The van der Waals surface area contributed by atoms with Gasteiger partial charge in [0.2, 0.25) is 0 Å². The van der Waals surface area contributed by atoms with Crippen LogP contribution in [0.1, 0.15) is 27.8 Å². The second kappa shape index (κ2) is 11.4. The Kier molecular flexibility index (Phi) is 7.55. The van der Waals surface area contributed by atoms with Crippen molar-refractivity contribution in [2.45, 2.75) is 33.9 Å². The van der Waals surface area contributed by atoms with E-state index in [0.29, 0.717) is 11.1 Å². The normalized spacial score (nSPS) is 10.8. The minimum atomic E-state index is -0.153. The van der Waals surface area contributed by atoms with Gasteiger partial charge in [-0.2, -0.15) is 0 Å². The zero-order valence-electron chi connectivity index (χ0n) is 22.2. The molecular formula is C35H33FN2. The highest BCUT2D eigenvalue weighted by molar-refractivity contribution is 5.81. The SMILES string of the molecule is Cc1c(C)c(-c2ccc(NCc3ccccc3)cc2)c(F)c(C)c1-c1ccc(NCc2ccccc2)cc1. The molecule has 0 heterocycles. The number of benzene rings is 5. The largest absolute Gasteiger partial charge is 0.381 e. The van der Waals surface area contributed by atoms with Crippen molar-refractivity contribution in [2.24, 2.45) is 0 Å². The lowest BCUT2D eigenvalue weighted by Gasteiger charge is -2.20. The Morgan fingerprint density at radius 3 is 1.32 bits per heavy atom. The maximum Gasteiger partial charge on any atom is 0.134 e. The molecule has 0 aliphatic heterocycles. The maximum atomic E-state index is 15.9. The monoisotopic (exact) mass is 500 g/mol. The minimum Gasteiger partial charge on any atom is -0.381 e. The van der Waals surface area contributed by atoms with Crippen LogP contribution in [0.2, 0.25) is 0 Å². The molecule has 0 atom stereocenters. The smallest absolute Gasteiger partial charge is 0.134 e. The van der Waals surface area contributed by atoms with Crippen molar-refractivity contribution in [2.75, 3.05) is 10.6 Å². The molecule has 3 heteroatoms. The van der Waals surface area contributed by atoms with Crippen LogP contribution in [0.15, 0.2) is 109 Å². The van der Waals surface area contributed by atoms with Gasteiger partial charge in [-0.25, -0.2) is 4.39 Å². The first-order valence-corrected chi connectivity index (χ1v) is 13.1. The molecular weight excluding hydrogens is 467 g/mol. The first-order valence-electron chi connectivity index (χ1n) is 13.1. The van der Waals surface area contributed by atoms with Crippen molar-refractivity contribution >= 4 is 11.4 Å². The molecule has 2 N–H and O–H groups in total. The van der Waals surface area contributed by atoms with E-state index in [0.717, 1.165) is 52.3 Å². The zero-order chi connectivity index (χ0) is 26.5. The van der Waals surface area contributed by atoms with E-state index in [-0.39, 0.29) is 5.82 Å². The lowest BCUT2D eigenvalue weighted by atomic mass is 9.86. The van der Waals surface area contributed by atoms with Crippen molar-refractivity contribution in [3.05, 3.63) is 143 Å². The van der Waals surface area contributed by atoms with E-state index in [4.69, 9.17) is 0 Å². The van der Waals surface area contributed by atoms with Crippen LogP contribution in [-0.2, 0) is 13.1 Å². The van der Waals surface area contributed by atoms with Crippen LogP contribution in [0, 0.1) is 26.6 Å². The van der Waals surface area contributed by atoms with Gasteiger partial charge < -0.3 is 10.6 Å². The van der Waals surface area contributed by atoms with Gasteiger partial charge >= 0.3 is 0 Å². The number of hydrogen-bond donors (Lipinski definition) is 2. The van der Waals surface area contributed by atoms with E-state index in [1.807, 2.05) is 74.5 Å². The number of nitrogens with one attached hydrogen (secondary N) is 2. The fourth-order valence-corrected chi connectivity index (χ4v) is 5.00. The molecule has 0 spiro atoms. The van der Waals surface area contributed by atoms with Crippen molar-refractivity contribution in [3.8, 4) is 22.3 Å². The standard InChI is InChI=1S/C35H33FN2/c1-24-25(2)34(30-16-20-32(21-17-30)38-23-28-12-8-5-9-13-28)35(36)26(3)33(24)29-14-18-31(19-15-29)37-22-27-10-6-4-7-11-27/h4-21,37-38H,22-23H2,1-3H3. The molecule has 5 aromatic carbocycles. The van der Waals surface area contributed by atoms with Gasteiger partial charge in [-0.3, -0.25) is 0 Å². The number of halogens is 1. The summed E-state index contributed by atoms with van der Waals surface area (Å²) >= 11 is 0. The Balaban J connectivity index is 1.36. The molecule has 190 valence electrons. The van der Waals surface area contributed by atoms with Crippen molar-refractivity contribution < 1.29 is 4.39 Å². The van der Waals surface area contributed by atoms with Crippen molar-refractivity contribution in [3.63, 3.8) is 0 Å². The third kappa shape index (κ3) is 5.47. The van der Waals surface area contributed by atoms with Gasteiger partial charge in [0.1, 0.15) is 5.82 Å². The van der Waals surface area contributed by atoms with Crippen LogP contribution in [-0.4, -0.2) is 0 Å². The molecule has 2 nitrogen and oxygen atoms in total. The van der Waals surface area contributed by atoms with Crippen LogP contribution in [0.5, 0.6) is 0 Å². The summed E-state index contributed by atoms with van der Waals surface area (Å²) in [5.41, 5.74) is 10.8. The number of rotatable bonds is 8. The predicted molar refractivity (Wildman–Crippen MR) is 159 cm³/mol. The molecule has 38 heavy (non-hydrogen) atoms. The molecule has 0 amide bonds. The number of anilines is 2. The highest BCUT2D eigenvalue weighted by Crippen LogP contribution is 2.39. The number of hydrogen-bond acceptors (Lipinski definition) is 2. The molecule has 0 saturated heterocycles. The second-order valence-corrected chi connectivity index (χ2v) is 9.77. The predicted octanol–water partition coefficient (Wildman–Crippen LogP) is 9.31. The molecule has 5 rings (SSSR count). The Labute approximate surface area is 225 Å². The van der Waals surface area contributed by atoms with Crippen molar-refractivity contribution in [1.29, 1.82) is 0 Å². The molecule has 0 bridgehead atoms. The Morgan fingerprint density at radius 1 is 0.474 bits per heavy atom. The summed E-state index contributed by atoms with van der Waals surface area (Å²) < 4.78 is 15.9. The molecule has 0 radical (unpaired) electrons. The fourth-order valence-electron chi connectivity index (χ4n) is 5.00. The maximum absolute atomic E-state index is 15.9. The lowest BCUT2D eigenvalue weighted by Crippen LogP contribution is -2.02. The van der Waals surface area contributed by atoms with E-state index in [2.05, 4.69) is 66.1 Å². The summed E-state index contributed by atoms with van der Waals surface area (Å²) in [6.07, 6.45) is 0. The Hall–Kier alpha value is -4.37. The molecule has 5 aromatic rings. The van der Waals surface area contributed by atoms with Gasteiger partial charge in [-0.05, 0) is 89.5 Å². The van der Waals surface area contributed by atoms with Gasteiger partial charge in [0.15, 0.2) is 0 Å². The zero-order valence-corrected chi connectivity index (χ0v) is 22.2.